The first kappa shape index (κ1) is 20.7. The van der Waals surface area contributed by atoms with E-state index in [9.17, 15) is 4.79 Å². The zero-order valence-electron chi connectivity index (χ0n) is 17.4. The number of rotatable bonds is 8. The predicted octanol–water partition coefficient (Wildman–Crippen LogP) is 3.00. The molecule has 3 rings (SSSR count). The van der Waals surface area contributed by atoms with Gasteiger partial charge < -0.3 is 20.4 Å². The first-order valence-corrected chi connectivity index (χ1v) is 10.3. The standard InChI is InChI=1S/C23H31N5O/c1-24-23(25-15-7-16-27(2)20-8-4-3-5-9-20)26-18-19-11-13-21(14-12-19)28-17-6-10-22(28)29/h3-5,8-9,11-14H,6-7,10,15-18H2,1-2H3,(H2,24,25,26). The Morgan fingerprint density at radius 3 is 2.52 bits per heavy atom. The third-order valence-electron chi connectivity index (χ3n) is 5.16. The van der Waals surface area contributed by atoms with E-state index in [0.717, 1.165) is 49.7 Å². The van der Waals surface area contributed by atoms with Crippen molar-refractivity contribution in [2.45, 2.75) is 25.8 Å². The Labute approximate surface area is 173 Å². The molecule has 6 heteroatoms. The fraction of sp³-hybridized carbons (Fsp3) is 0.391. The van der Waals surface area contributed by atoms with E-state index in [4.69, 9.17) is 0 Å². The van der Waals surface area contributed by atoms with E-state index in [1.54, 1.807) is 7.05 Å². The molecule has 2 N–H and O–H groups in total. The molecule has 0 aromatic heterocycles. The largest absolute Gasteiger partial charge is 0.375 e. The summed E-state index contributed by atoms with van der Waals surface area (Å²) in [7, 11) is 3.90. The molecule has 0 saturated carbocycles. The minimum atomic E-state index is 0.221. The highest BCUT2D eigenvalue weighted by molar-refractivity contribution is 5.95. The summed E-state index contributed by atoms with van der Waals surface area (Å²) in [5, 5.41) is 6.72. The first-order valence-electron chi connectivity index (χ1n) is 10.3. The fourth-order valence-corrected chi connectivity index (χ4v) is 3.46. The third kappa shape index (κ3) is 5.98. The summed E-state index contributed by atoms with van der Waals surface area (Å²) in [5.41, 5.74) is 3.38. The second-order valence-corrected chi connectivity index (χ2v) is 7.28. The third-order valence-corrected chi connectivity index (χ3v) is 5.16. The van der Waals surface area contributed by atoms with Crippen LogP contribution in [0.5, 0.6) is 0 Å². The molecule has 2 aromatic carbocycles. The normalized spacial score (nSPS) is 14.2. The minimum absolute atomic E-state index is 0.221. The lowest BCUT2D eigenvalue weighted by Gasteiger charge is -2.19. The topological polar surface area (TPSA) is 60.0 Å². The number of anilines is 2. The number of para-hydroxylation sites is 1. The summed E-state index contributed by atoms with van der Waals surface area (Å²) >= 11 is 0. The van der Waals surface area contributed by atoms with Crippen LogP contribution in [0.1, 0.15) is 24.8 Å². The van der Waals surface area contributed by atoms with Gasteiger partial charge in [-0.05, 0) is 42.7 Å². The van der Waals surface area contributed by atoms with Crippen LogP contribution in [0.3, 0.4) is 0 Å². The predicted molar refractivity (Wildman–Crippen MR) is 121 cm³/mol. The Morgan fingerprint density at radius 1 is 1.10 bits per heavy atom. The molecule has 1 amide bonds. The number of hydrogen-bond donors (Lipinski definition) is 2. The lowest BCUT2D eigenvalue weighted by atomic mass is 10.2. The van der Waals surface area contributed by atoms with Crippen LogP contribution in [0, 0.1) is 0 Å². The van der Waals surface area contributed by atoms with Crippen LogP contribution in [-0.2, 0) is 11.3 Å². The van der Waals surface area contributed by atoms with Gasteiger partial charge in [0, 0.05) is 58.1 Å². The Kier molecular flexibility index (Phi) is 7.50. The van der Waals surface area contributed by atoms with E-state index < -0.39 is 0 Å². The van der Waals surface area contributed by atoms with Gasteiger partial charge in [-0.25, -0.2) is 0 Å². The lowest BCUT2D eigenvalue weighted by molar-refractivity contribution is -0.117. The maximum absolute atomic E-state index is 11.8. The molecule has 29 heavy (non-hydrogen) atoms. The molecule has 1 aliphatic heterocycles. The van der Waals surface area contributed by atoms with E-state index >= 15 is 0 Å². The van der Waals surface area contributed by atoms with Crippen molar-refractivity contribution in [3.05, 3.63) is 60.2 Å². The number of guanidine groups is 1. The smallest absolute Gasteiger partial charge is 0.227 e. The van der Waals surface area contributed by atoms with Gasteiger partial charge in [0.15, 0.2) is 5.96 Å². The quantitative estimate of drug-likeness (QED) is 0.411. The first-order chi connectivity index (χ1) is 14.2. The molecule has 1 aliphatic rings. The molecule has 0 bridgehead atoms. The Bertz CT molecular complexity index is 804. The van der Waals surface area contributed by atoms with Crippen molar-refractivity contribution < 1.29 is 4.79 Å². The molecular weight excluding hydrogens is 362 g/mol. The van der Waals surface area contributed by atoms with Gasteiger partial charge in [0.25, 0.3) is 0 Å². The minimum Gasteiger partial charge on any atom is -0.375 e. The Balaban J connectivity index is 1.38. The van der Waals surface area contributed by atoms with Gasteiger partial charge in [-0.15, -0.1) is 0 Å². The average Bonchev–Trinajstić information content (AvgIpc) is 3.20. The van der Waals surface area contributed by atoms with Crippen LogP contribution in [0.2, 0.25) is 0 Å². The van der Waals surface area contributed by atoms with Crippen LogP contribution in [0.4, 0.5) is 11.4 Å². The number of hydrogen-bond acceptors (Lipinski definition) is 3. The van der Waals surface area contributed by atoms with Crippen LogP contribution < -0.4 is 20.4 Å². The second-order valence-electron chi connectivity index (χ2n) is 7.28. The molecule has 0 atom stereocenters. The number of benzene rings is 2. The number of amides is 1. The molecule has 1 heterocycles. The van der Waals surface area contributed by atoms with E-state index in [1.165, 1.54) is 5.69 Å². The zero-order valence-corrected chi connectivity index (χ0v) is 17.4. The highest BCUT2D eigenvalue weighted by Crippen LogP contribution is 2.21. The summed E-state index contributed by atoms with van der Waals surface area (Å²) in [4.78, 5) is 20.3. The molecular formula is C23H31N5O. The molecule has 0 spiro atoms. The number of carbonyl (C=O) groups is 1. The van der Waals surface area contributed by atoms with Gasteiger partial charge in [-0.2, -0.15) is 0 Å². The van der Waals surface area contributed by atoms with Gasteiger partial charge in [0.1, 0.15) is 0 Å². The molecule has 1 fully saturated rings. The summed E-state index contributed by atoms with van der Waals surface area (Å²) in [6.07, 6.45) is 2.63. The molecule has 1 saturated heterocycles. The van der Waals surface area contributed by atoms with Gasteiger partial charge >= 0.3 is 0 Å². The van der Waals surface area contributed by atoms with Crippen LogP contribution in [0.15, 0.2) is 59.6 Å². The van der Waals surface area contributed by atoms with Crippen molar-refractivity contribution >= 4 is 23.2 Å². The van der Waals surface area contributed by atoms with Crippen molar-refractivity contribution in [3.63, 3.8) is 0 Å². The van der Waals surface area contributed by atoms with E-state index in [2.05, 4.69) is 64.0 Å². The van der Waals surface area contributed by atoms with Gasteiger partial charge in [-0.3, -0.25) is 9.79 Å². The van der Waals surface area contributed by atoms with Crippen molar-refractivity contribution in [1.29, 1.82) is 0 Å². The molecule has 0 radical (unpaired) electrons. The maximum Gasteiger partial charge on any atom is 0.227 e. The zero-order chi connectivity index (χ0) is 20.5. The van der Waals surface area contributed by atoms with E-state index in [1.807, 2.05) is 23.1 Å². The Morgan fingerprint density at radius 2 is 1.86 bits per heavy atom. The molecule has 6 nitrogen and oxygen atoms in total. The number of aliphatic imine (C=N–C) groups is 1. The maximum atomic E-state index is 11.8. The van der Waals surface area contributed by atoms with Gasteiger partial charge in [-0.1, -0.05) is 30.3 Å². The summed E-state index contributed by atoms with van der Waals surface area (Å²) in [5.74, 6) is 1.02. The van der Waals surface area contributed by atoms with Crippen LogP contribution in [0.25, 0.3) is 0 Å². The van der Waals surface area contributed by atoms with E-state index in [0.29, 0.717) is 13.0 Å². The highest BCUT2D eigenvalue weighted by Gasteiger charge is 2.21. The number of nitrogens with one attached hydrogen (secondary N) is 2. The summed E-state index contributed by atoms with van der Waals surface area (Å²) in [6, 6.07) is 18.6. The molecule has 0 aliphatic carbocycles. The van der Waals surface area contributed by atoms with Gasteiger partial charge in [0.2, 0.25) is 5.91 Å². The molecule has 154 valence electrons. The number of nitrogens with zero attached hydrogens (tertiary/aromatic N) is 3. The van der Waals surface area contributed by atoms with E-state index in [-0.39, 0.29) is 5.91 Å². The van der Waals surface area contributed by atoms with Crippen molar-refractivity contribution in [2.24, 2.45) is 4.99 Å². The SMILES string of the molecule is CN=C(NCCCN(C)c1ccccc1)NCc1ccc(N2CCCC2=O)cc1. The average molecular weight is 394 g/mol. The second kappa shape index (κ2) is 10.5. The lowest BCUT2D eigenvalue weighted by Crippen LogP contribution is -2.38. The highest BCUT2D eigenvalue weighted by atomic mass is 16.2. The molecule has 2 aromatic rings. The molecule has 0 unspecified atom stereocenters. The van der Waals surface area contributed by atoms with Crippen LogP contribution >= 0.6 is 0 Å². The van der Waals surface area contributed by atoms with Gasteiger partial charge in [0.05, 0.1) is 0 Å². The fourth-order valence-electron chi connectivity index (χ4n) is 3.46. The van der Waals surface area contributed by atoms with Crippen molar-refractivity contribution in [2.75, 3.05) is 43.5 Å². The van der Waals surface area contributed by atoms with Crippen LogP contribution in [-0.4, -0.2) is 45.6 Å². The van der Waals surface area contributed by atoms with Crippen molar-refractivity contribution in [1.82, 2.24) is 10.6 Å². The number of carbonyl (C=O) groups excluding carboxylic acids is 1. The summed E-state index contributed by atoms with van der Waals surface area (Å²) < 4.78 is 0. The Hall–Kier alpha value is -3.02. The summed E-state index contributed by atoms with van der Waals surface area (Å²) in [6.45, 7) is 3.35. The van der Waals surface area contributed by atoms with Crippen molar-refractivity contribution in [3.8, 4) is 0 Å². The monoisotopic (exact) mass is 393 g/mol.